The molecule has 0 bridgehead atoms. The van der Waals surface area contributed by atoms with E-state index in [1.165, 1.54) is 0 Å². The summed E-state index contributed by atoms with van der Waals surface area (Å²) in [6.45, 7) is 5.73. The van der Waals surface area contributed by atoms with E-state index in [2.05, 4.69) is 32.7 Å². The largest absolute Gasteiger partial charge is 0.436 e. The molecule has 0 spiro atoms. The maximum absolute atomic E-state index is 14.4. The summed E-state index contributed by atoms with van der Waals surface area (Å²) in [6.07, 6.45) is 7.75. The fourth-order valence-corrected chi connectivity index (χ4v) is 7.91. The summed E-state index contributed by atoms with van der Waals surface area (Å²) < 4.78 is 17.3. The Balaban J connectivity index is 1.23. The monoisotopic (exact) mass is 747 g/mol. The van der Waals surface area contributed by atoms with Gasteiger partial charge in [0.05, 0.1) is 36.3 Å². The summed E-state index contributed by atoms with van der Waals surface area (Å²) in [5.41, 5.74) is 4.90. The van der Waals surface area contributed by atoms with Crippen LogP contribution in [0.5, 0.6) is 0 Å². The number of allylic oxidation sites excluding steroid dienone is 2. The second kappa shape index (κ2) is 16.2. The van der Waals surface area contributed by atoms with Gasteiger partial charge in [-0.3, -0.25) is 14.7 Å². The number of aliphatic hydroxyl groups excluding tert-OH is 1. The zero-order valence-electron chi connectivity index (χ0n) is 30.2. The van der Waals surface area contributed by atoms with E-state index < -0.39 is 22.9 Å². The van der Waals surface area contributed by atoms with Crippen molar-refractivity contribution in [3.8, 4) is 12.1 Å². The fourth-order valence-electron chi connectivity index (χ4n) is 7.50. The number of aryl methyl sites for hydroxylation is 1. The molecule has 2 unspecified atom stereocenters. The number of pyridine rings is 1. The number of carbonyl (C=O) groups is 1. The van der Waals surface area contributed by atoms with Crippen LogP contribution in [0.25, 0.3) is 16.7 Å². The highest BCUT2D eigenvalue weighted by molar-refractivity contribution is 6.28. The Labute approximate surface area is 319 Å². The molecule has 3 aliphatic rings. The minimum Gasteiger partial charge on any atom is -0.436 e. The highest BCUT2D eigenvalue weighted by Gasteiger charge is 2.47. The number of halogens is 1. The van der Waals surface area contributed by atoms with Crippen molar-refractivity contribution >= 4 is 34.2 Å². The SMILES string of the molecule is COCc1cc(C(=O)NC2(c3nc4cc(CN5CC(CC#N)C5)cc(C#N)c4o3)C=CC=C(c3ccccc3C)C2Cl)ncc1CN[C@@H]1CCOC[C@H]1O. The third kappa shape index (κ3) is 7.55. The number of hydrogen-bond donors (Lipinski definition) is 3. The molecule has 4 aromatic rings. The first-order valence-corrected chi connectivity index (χ1v) is 18.5. The van der Waals surface area contributed by atoms with Crippen molar-refractivity contribution in [2.24, 2.45) is 5.92 Å². The Kier molecular flexibility index (Phi) is 11.2. The molecule has 0 saturated carbocycles. The average molecular weight is 748 g/mol. The molecule has 1 amide bonds. The van der Waals surface area contributed by atoms with Crippen LogP contribution in [-0.2, 0) is 34.7 Å². The van der Waals surface area contributed by atoms with Gasteiger partial charge >= 0.3 is 0 Å². The number of aliphatic hydroxyl groups is 1. The van der Waals surface area contributed by atoms with Gasteiger partial charge in [-0.25, -0.2) is 4.98 Å². The molecular formula is C41H42ClN7O5. The van der Waals surface area contributed by atoms with Crippen molar-refractivity contribution in [1.82, 2.24) is 25.5 Å². The lowest BCUT2D eigenvalue weighted by Gasteiger charge is -2.38. The second-order valence-corrected chi connectivity index (χ2v) is 14.7. The summed E-state index contributed by atoms with van der Waals surface area (Å²) in [6, 6.07) is 17.6. The maximum atomic E-state index is 14.4. The Morgan fingerprint density at radius 2 is 2.04 bits per heavy atom. The number of nitrogens with zero attached hydrogens (tertiary/aromatic N) is 5. The summed E-state index contributed by atoms with van der Waals surface area (Å²) in [7, 11) is 1.59. The van der Waals surface area contributed by atoms with Crippen molar-refractivity contribution in [1.29, 1.82) is 10.5 Å². The number of nitrogens with one attached hydrogen (secondary N) is 2. The van der Waals surface area contributed by atoms with E-state index in [9.17, 15) is 15.2 Å². The molecule has 2 aliphatic heterocycles. The quantitative estimate of drug-likeness (QED) is 0.166. The van der Waals surface area contributed by atoms with Crippen molar-refractivity contribution in [3.05, 3.63) is 112 Å². The lowest BCUT2D eigenvalue weighted by molar-refractivity contribution is -0.0281. The van der Waals surface area contributed by atoms with Gasteiger partial charge < -0.3 is 29.6 Å². The number of nitriles is 2. The van der Waals surface area contributed by atoms with Crippen LogP contribution in [0, 0.1) is 35.5 Å². The molecule has 2 saturated heterocycles. The smallest absolute Gasteiger partial charge is 0.271 e. The van der Waals surface area contributed by atoms with Gasteiger partial charge in [-0.15, -0.1) is 11.6 Å². The topological polar surface area (TPSA) is 170 Å². The predicted octanol–water partition coefficient (Wildman–Crippen LogP) is 5.02. The molecule has 4 atom stereocenters. The van der Waals surface area contributed by atoms with Crippen molar-refractivity contribution in [2.75, 3.05) is 33.4 Å². The first-order valence-electron chi connectivity index (χ1n) is 18.0. The second-order valence-electron chi connectivity index (χ2n) is 14.2. The molecule has 7 rings (SSSR count). The summed E-state index contributed by atoms with van der Waals surface area (Å²) >= 11 is 7.47. The van der Waals surface area contributed by atoms with E-state index in [-0.39, 0.29) is 30.8 Å². The van der Waals surface area contributed by atoms with E-state index in [0.717, 1.165) is 46.5 Å². The normalized spacial score (nSPS) is 23.0. The fraction of sp³-hybridized carbons (Fsp3) is 0.390. The van der Waals surface area contributed by atoms with Gasteiger partial charge in [-0.05, 0) is 76.9 Å². The molecule has 2 aromatic heterocycles. The van der Waals surface area contributed by atoms with E-state index in [4.69, 9.17) is 35.7 Å². The number of amides is 1. The van der Waals surface area contributed by atoms with Gasteiger partial charge in [0.1, 0.15) is 17.3 Å². The van der Waals surface area contributed by atoms with Gasteiger partial charge in [0.2, 0.25) is 5.89 Å². The molecule has 0 radical (unpaired) electrons. The number of rotatable bonds is 12. The Bertz CT molecular complexity index is 2180. The van der Waals surface area contributed by atoms with Crippen LogP contribution in [0.1, 0.15) is 62.6 Å². The number of ether oxygens (including phenoxy) is 2. The van der Waals surface area contributed by atoms with Gasteiger partial charge in [-0.2, -0.15) is 10.5 Å². The Morgan fingerprint density at radius 3 is 2.80 bits per heavy atom. The van der Waals surface area contributed by atoms with Gasteiger partial charge in [-0.1, -0.05) is 36.4 Å². The van der Waals surface area contributed by atoms with Crippen LogP contribution in [0.15, 0.2) is 71.3 Å². The zero-order valence-corrected chi connectivity index (χ0v) is 31.0. The molecule has 2 fully saturated rings. The van der Waals surface area contributed by atoms with E-state index >= 15 is 0 Å². The van der Waals surface area contributed by atoms with Crippen molar-refractivity contribution in [2.45, 2.75) is 62.5 Å². The maximum Gasteiger partial charge on any atom is 0.271 e. The number of hydrogen-bond acceptors (Lipinski definition) is 11. The molecule has 2 aromatic carbocycles. The Hall–Kier alpha value is -4.92. The van der Waals surface area contributed by atoms with E-state index in [1.807, 2.05) is 49.4 Å². The van der Waals surface area contributed by atoms with Crippen LogP contribution in [0.2, 0.25) is 0 Å². The lowest BCUT2D eigenvalue weighted by atomic mass is 9.81. The molecular weight excluding hydrogens is 706 g/mol. The molecule has 3 N–H and O–H groups in total. The Morgan fingerprint density at radius 1 is 1.20 bits per heavy atom. The number of methoxy groups -OCH3 is 1. The van der Waals surface area contributed by atoms with Crippen molar-refractivity contribution < 1.29 is 23.8 Å². The molecule has 13 heteroatoms. The molecule has 4 heterocycles. The summed E-state index contributed by atoms with van der Waals surface area (Å²) in [4.78, 5) is 26.1. The van der Waals surface area contributed by atoms with Crippen LogP contribution in [-0.4, -0.2) is 76.8 Å². The van der Waals surface area contributed by atoms with Gasteiger partial charge in [0, 0.05) is 58.6 Å². The van der Waals surface area contributed by atoms with Crippen LogP contribution < -0.4 is 10.6 Å². The summed E-state index contributed by atoms with van der Waals surface area (Å²) in [5, 5.41) is 35.3. The predicted molar refractivity (Wildman–Crippen MR) is 202 cm³/mol. The highest BCUT2D eigenvalue weighted by atomic mass is 35.5. The number of oxazole rings is 1. The summed E-state index contributed by atoms with van der Waals surface area (Å²) in [5.74, 6) is -0.0355. The lowest BCUT2D eigenvalue weighted by Crippen LogP contribution is -2.52. The van der Waals surface area contributed by atoms with Crippen molar-refractivity contribution in [3.63, 3.8) is 0 Å². The number of carbonyl (C=O) groups excluding carboxylic acids is 1. The highest BCUT2D eigenvalue weighted by Crippen LogP contribution is 2.43. The number of alkyl halides is 1. The van der Waals surface area contributed by atoms with Gasteiger partial charge in [0.15, 0.2) is 11.1 Å². The number of benzene rings is 2. The number of aromatic nitrogens is 2. The minimum atomic E-state index is -1.48. The first kappa shape index (κ1) is 37.4. The average Bonchev–Trinajstić information content (AvgIpc) is 3.60. The molecule has 12 nitrogen and oxygen atoms in total. The molecule has 1 aliphatic carbocycles. The van der Waals surface area contributed by atoms with Crippen LogP contribution >= 0.6 is 11.6 Å². The number of likely N-dealkylation sites (tertiary alicyclic amines) is 1. The zero-order chi connectivity index (χ0) is 37.8. The molecule has 278 valence electrons. The third-order valence-electron chi connectivity index (χ3n) is 10.4. The van der Waals surface area contributed by atoms with E-state index in [0.29, 0.717) is 55.1 Å². The van der Waals surface area contributed by atoms with E-state index in [1.54, 1.807) is 31.5 Å². The first-order chi connectivity index (χ1) is 26.2. The molecule has 54 heavy (non-hydrogen) atoms. The van der Waals surface area contributed by atoms with Gasteiger partial charge in [0.25, 0.3) is 5.91 Å². The standard InChI is InChI=1S/C41H42ClN7O5/c1-25-6-3-4-7-31(25)32-8-5-11-41(38(32)42,40-47-34-15-27(14-28(17-44)37(34)54-40)22-49-20-26(21-49)9-12-43)48-39(51)35-16-29(23-52-2)30(19-46-35)18-45-33-10-13-53-24-36(33)50/h3-8,11,14-16,19,26,33,36,38,45,50H,9-10,13,18,20-24H2,1-2H3,(H,48,51)/t33-,36-,38?,41?/m1/s1. The number of fused-ring (bicyclic) bond motifs is 1. The van der Waals surface area contributed by atoms with Crippen LogP contribution in [0.4, 0.5) is 0 Å². The third-order valence-corrected chi connectivity index (χ3v) is 11.0. The minimum absolute atomic E-state index is 0.126. The van der Waals surface area contributed by atoms with Crippen LogP contribution in [0.3, 0.4) is 0 Å².